The van der Waals surface area contributed by atoms with E-state index in [1.54, 1.807) is 18.9 Å². The third-order valence-corrected chi connectivity index (χ3v) is 14.3. The number of alkyl halides is 1. The Balaban J connectivity index is 0.000000209. The van der Waals surface area contributed by atoms with Crippen molar-refractivity contribution < 1.29 is 19.1 Å². The van der Waals surface area contributed by atoms with Crippen LogP contribution in [-0.4, -0.2) is 123 Å². The van der Waals surface area contributed by atoms with E-state index >= 15 is 0 Å². The van der Waals surface area contributed by atoms with Crippen molar-refractivity contribution in [2.75, 3.05) is 69.2 Å². The molecular formula is C49H59Br2Cl3N10O4. The number of rotatable bonds is 9. The van der Waals surface area contributed by atoms with Crippen molar-refractivity contribution in [3.63, 3.8) is 0 Å². The van der Waals surface area contributed by atoms with Gasteiger partial charge in [0.15, 0.2) is 0 Å². The quantitative estimate of drug-likeness (QED) is 0.139. The summed E-state index contributed by atoms with van der Waals surface area (Å²) < 4.78 is 14.2. The number of amides is 2. The molecular weight excluding hydrogens is 1060 g/mol. The minimum absolute atomic E-state index is 0. The van der Waals surface area contributed by atoms with E-state index in [9.17, 15) is 9.59 Å². The zero-order valence-electron chi connectivity index (χ0n) is 38.8. The molecule has 2 saturated heterocycles. The third kappa shape index (κ3) is 13.1. The minimum atomic E-state index is -0.00694. The van der Waals surface area contributed by atoms with E-state index in [4.69, 9.17) is 49.4 Å². The Bertz CT molecular complexity index is 2680. The standard InChI is InChI=1S/C24H27BrClN5O2.C14H18Cl2N2O2.C10H10BrN3.CH4/c1-15-6-5-7-20(27-15)24-23(25)17(3)31(28-24)14-22(32)30-11-10-29(13-16(30)2)18-8-9-19(26)21(12-18)33-4;1-10-9-17(5-6-18(10)14(19)8-15)11-3-4-12(16)13(7-11)20-2;1-6-4-3-5-8(12-6)10-9(11)7(2)13-14-10;/h5-9,12,16H,10-11,13-14H2,1-4H3;3-4,7,10H,5-6,8-9H2,1-2H3;3-5H,1-2H3,(H,13,14);1H4/t16-;10-;;/m00../s1. The number of aromatic nitrogens is 6. The number of aromatic amines is 1. The van der Waals surface area contributed by atoms with Gasteiger partial charge in [-0.3, -0.25) is 29.3 Å². The van der Waals surface area contributed by atoms with E-state index < -0.39 is 0 Å². The molecule has 2 fully saturated rings. The minimum Gasteiger partial charge on any atom is -0.495 e. The van der Waals surface area contributed by atoms with Crippen LogP contribution < -0.4 is 19.3 Å². The molecule has 19 heteroatoms. The van der Waals surface area contributed by atoms with Gasteiger partial charge in [0.2, 0.25) is 11.8 Å². The first-order valence-corrected chi connectivity index (χ1v) is 24.5. The van der Waals surface area contributed by atoms with Crippen LogP contribution in [0.25, 0.3) is 22.8 Å². The molecule has 0 spiro atoms. The molecule has 0 radical (unpaired) electrons. The molecule has 364 valence electrons. The summed E-state index contributed by atoms with van der Waals surface area (Å²) >= 11 is 24.9. The zero-order valence-corrected chi connectivity index (χ0v) is 44.2. The molecule has 2 aliphatic rings. The summed E-state index contributed by atoms with van der Waals surface area (Å²) in [7, 11) is 3.21. The fraction of sp³-hybridized carbons (Fsp3) is 0.388. The lowest BCUT2D eigenvalue weighted by atomic mass is 10.1. The van der Waals surface area contributed by atoms with Gasteiger partial charge < -0.3 is 29.1 Å². The fourth-order valence-corrected chi connectivity index (χ4v) is 9.30. The van der Waals surface area contributed by atoms with Gasteiger partial charge in [-0.15, -0.1) is 11.6 Å². The van der Waals surface area contributed by atoms with Crippen LogP contribution in [0.15, 0.2) is 81.7 Å². The normalized spacial score (nSPS) is 15.7. The second-order valence-electron chi connectivity index (χ2n) is 16.3. The second-order valence-corrected chi connectivity index (χ2v) is 18.9. The van der Waals surface area contributed by atoms with Crippen molar-refractivity contribution >= 4 is 89.9 Å². The summed E-state index contributed by atoms with van der Waals surface area (Å²) in [4.78, 5) is 42.1. The molecule has 2 aliphatic heterocycles. The van der Waals surface area contributed by atoms with Crippen molar-refractivity contribution in [2.24, 2.45) is 0 Å². The molecule has 2 amide bonds. The van der Waals surface area contributed by atoms with Crippen molar-refractivity contribution in [3.05, 3.63) is 115 Å². The van der Waals surface area contributed by atoms with E-state index in [1.165, 1.54) is 0 Å². The van der Waals surface area contributed by atoms with Crippen LogP contribution in [0.3, 0.4) is 0 Å². The van der Waals surface area contributed by atoms with Crippen LogP contribution >= 0.6 is 66.7 Å². The molecule has 2 atom stereocenters. The molecule has 0 unspecified atom stereocenters. The summed E-state index contributed by atoms with van der Waals surface area (Å²) in [5.74, 6) is 1.40. The molecule has 14 nitrogen and oxygen atoms in total. The average molecular weight is 1120 g/mol. The molecule has 1 N–H and O–H groups in total. The first-order valence-electron chi connectivity index (χ1n) is 21.7. The molecule has 8 rings (SSSR count). The zero-order chi connectivity index (χ0) is 48.5. The summed E-state index contributed by atoms with van der Waals surface area (Å²) in [6.45, 7) is 16.5. The van der Waals surface area contributed by atoms with Gasteiger partial charge in [0, 0.05) is 91.9 Å². The number of H-pyrrole nitrogens is 1. The number of nitrogens with zero attached hydrogens (tertiary/aromatic N) is 9. The van der Waals surface area contributed by atoms with Gasteiger partial charge >= 0.3 is 0 Å². The highest BCUT2D eigenvalue weighted by atomic mass is 79.9. The average Bonchev–Trinajstić information content (AvgIpc) is 3.80. The number of ether oxygens (including phenoxy) is 2. The van der Waals surface area contributed by atoms with E-state index in [-0.39, 0.29) is 43.7 Å². The Morgan fingerprint density at radius 3 is 1.62 bits per heavy atom. The number of hydrogen-bond donors (Lipinski definition) is 1. The Kier molecular flexibility index (Phi) is 19.6. The van der Waals surface area contributed by atoms with Gasteiger partial charge in [-0.2, -0.15) is 10.2 Å². The lowest BCUT2D eigenvalue weighted by Crippen LogP contribution is -2.54. The number of pyridine rings is 2. The molecule has 2 aromatic carbocycles. The number of carbonyl (C=O) groups is 2. The maximum absolute atomic E-state index is 13.2. The Morgan fingerprint density at radius 2 is 1.19 bits per heavy atom. The number of benzene rings is 2. The van der Waals surface area contributed by atoms with Gasteiger partial charge in [0.25, 0.3) is 0 Å². The Labute approximate surface area is 431 Å². The smallest absolute Gasteiger partial charge is 0.244 e. The summed E-state index contributed by atoms with van der Waals surface area (Å²) in [5, 5.41) is 13.0. The SMILES string of the molecule is C.COc1cc(N2CCN(C(=O)CCl)[C@@H](C)C2)ccc1Cl.COc1cc(N2CCN(C(=O)Cn3nc(-c4cccc(C)n4)c(Br)c3C)[C@@H](C)C2)ccc1Cl.Cc1cccc(-c2n[nH]c(C)c2Br)n1. The van der Waals surface area contributed by atoms with E-state index in [2.05, 4.69) is 68.7 Å². The summed E-state index contributed by atoms with van der Waals surface area (Å²) in [6, 6.07) is 23.4. The lowest BCUT2D eigenvalue weighted by Gasteiger charge is -2.41. The Hall–Kier alpha value is -4.87. The predicted molar refractivity (Wildman–Crippen MR) is 282 cm³/mol. The van der Waals surface area contributed by atoms with Crippen LogP contribution in [0.2, 0.25) is 10.0 Å². The number of piperazine rings is 2. The maximum atomic E-state index is 13.2. The van der Waals surface area contributed by atoms with Crippen LogP contribution in [-0.2, 0) is 16.1 Å². The predicted octanol–water partition coefficient (Wildman–Crippen LogP) is 10.8. The molecule has 0 saturated carbocycles. The molecule has 0 bridgehead atoms. The van der Waals surface area contributed by atoms with E-state index in [0.29, 0.717) is 34.6 Å². The maximum Gasteiger partial charge on any atom is 0.244 e. The third-order valence-electron chi connectivity index (χ3n) is 11.6. The van der Waals surface area contributed by atoms with Crippen LogP contribution in [0, 0.1) is 27.7 Å². The highest BCUT2D eigenvalue weighted by Crippen LogP contribution is 2.33. The van der Waals surface area contributed by atoms with Crippen molar-refractivity contribution in [3.8, 4) is 34.3 Å². The topological polar surface area (TPSA) is 138 Å². The first-order chi connectivity index (χ1) is 32.0. The Morgan fingerprint density at radius 1 is 0.706 bits per heavy atom. The molecule has 0 aliphatic carbocycles. The van der Waals surface area contributed by atoms with Crippen molar-refractivity contribution in [1.29, 1.82) is 0 Å². The number of aryl methyl sites for hydroxylation is 3. The molecule has 6 aromatic rings. The summed E-state index contributed by atoms with van der Waals surface area (Å²) in [5.41, 5.74) is 9.23. The molecule has 4 aromatic heterocycles. The summed E-state index contributed by atoms with van der Waals surface area (Å²) in [6.07, 6.45) is 0. The van der Waals surface area contributed by atoms with Gasteiger partial charge in [0.1, 0.15) is 35.3 Å². The first kappa shape index (κ1) is 54.1. The highest BCUT2D eigenvalue weighted by molar-refractivity contribution is 9.11. The monoisotopic (exact) mass is 1110 g/mol. The highest BCUT2D eigenvalue weighted by Gasteiger charge is 2.30. The largest absolute Gasteiger partial charge is 0.495 e. The number of hydrogen-bond acceptors (Lipinski definition) is 10. The molecule has 6 heterocycles. The van der Waals surface area contributed by atoms with E-state index in [1.807, 2.05) is 117 Å². The van der Waals surface area contributed by atoms with E-state index in [0.717, 1.165) is 92.1 Å². The van der Waals surface area contributed by atoms with Crippen LogP contribution in [0.1, 0.15) is 44.0 Å². The number of carbonyl (C=O) groups excluding carboxylic acids is 2. The van der Waals surface area contributed by atoms with Crippen LogP contribution in [0.4, 0.5) is 11.4 Å². The number of anilines is 2. The van der Waals surface area contributed by atoms with Gasteiger partial charge in [-0.05, 0) is 122 Å². The number of halogens is 5. The second kappa shape index (κ2) is 24.6. The van der Waals surface area contributed by atoms with Gasteiger partial charge in [-0.25, -0.2) is 0 Å². The van der Waals surface area contributed by atoms with Crippen molar-refractivity contribution in [1.82, 2.24) is 39.7 Å². The fourth-order valence-electron chi connectivity index (χ4n) is 7.89. The van der Waals surface area contributed by atoms with Gasteiger partial charge in [-0.1, -0.05) is 42.8 Å². The van der Waals surface area contributed by atoms with Crippen molar-refractivity contribution in [2.45, 2.75) is 67.6 Å². The number of nitrogens with one attached hydrogen (secondary N) is 1. The van der Waals surface area contributed by atoms with Crippen LogP contribution in [0.5, 0.6) is 11.5 Å². The lowest BCUT2D eigenvalue weighted by molar-refractivity contribution is -0.134. The molecule has 68 heavy (non-hydrogen) atoms. The number of methoxy groups -OCH3 is 2. The van der Waals surface area contributed by atoms with Gasteiger partial charge in [0.05, 0.1) is 50.3 Å².